The molecule has 0 aliphatic carbocycles. The molecule has 4 nitrogen and oxygen atoms in total. The highest BCUT2D eigenvalue weighted by Gasteiger charge is 1.99. The molecule has 1 aromatic heterocycles. The molecule has 6 heteroatoms. The zero-order valence-electron chi connectivity index (χ0n) is 11.1. The minimum Gasteiger partial charge on any atom is -0.375 e. The minimum atomic E-state index is 0.432. The summed E-state index contributed by atoms with van der Waals surface area (Å²) in [7, 11) is 0. The summed E-state index contributed by atoms with van der Waals surface area (Å²) in [5.74, 6) is 1.35. The van der Waals surface area contributed by atoms with Gasteiger partial charge in [-0.2, -0.15) is 0 Å². The Labute approximate surface area is 128 Å². The summed E-state index contributed by atoms with van der Waals surface area (Å²) in [6.07, 6.45) is 0. The first-order valence-electron chi connectivity index (χ1n) is 6.21. The normalized spacial score (nSPS) is 10.6. The van der Waals surface area contributed by atoms with Crippen molar-refractivity contribution in [2.75, 3.05) is 18.5 Å². The molecule has 0 aliphatic heterocycles. The highest BCUT2D eigenvalue weighted by atomic mass is 35.5. The van der Waals surface area contributed by atoms with Crippen LogP contribution in [-0.2, 0) is 11.3 Å². The maximum absolute atomic E-state index is 5.85. The third kappa shape index (κ3) is 4.96. The first kappa shape index (κ1) is 15.0. The van der Waals surface area contributed by atoms with E-state index in [2.05, 4.69) is 15.3 Å². The second-order valence-electron chi connectivity index (χ2n) is 4.23. The number of nitrogens with zero attached hydrogens (tertiary/aromatic N) is 2. The summed E-state index contributed by atoms with van der Waals surface area (Å²) in [4.78, 5) is 8.22. The van der Waals surface area contributed by atoms with Gasteiger partial charge in [0.1, 0.15) is 16.8 Å². The molecule has 1 N–H and O–H groups in total. The zero-order chi connectivity index (χ0) is 14.4. The highest BCUT2D eigenvalue weighted by molar-refractivity contribution is 6.30. The van der Waals surface area contributed by atoms with Gasteiger partial charge in [-0.15, -0.1) is 0 Å². The number of benzene rings is 1. The number of halogens is 2. The molecule has 0 saturated carbocycles. The van der Waals surface area contributed by atoms with Crippen LogP contribution >= 0.6 is 23.2 Å². The van der Waals surface area contributed by atoms with Gasteiger partial charge in [0.05, 0.1) is 13.2 Å². The van der Waals surface area contributed by atoms with Crippen LogP contribution in [0.4, 0.5) is 5.82 Å². The molecule has 2 rings (SSSR count). The number of anilines is 1. The van der Waals surface area contributed by atoms with Crippen molar-refractivity contribution in [3.05, 3.63) is 51.9 Å². The molecular weight excluding hydrogens is 297 g/mol. The maximum atomic E-state index is 5.85. The average Bonchev–Trinajstić information content (AvgIpc) is 2.39. The van der Waals surface area contributed by atoms with E-state index < -0.39 is 0 Å². The standard InChI is InChI=1S/C14H15Cl2N3O/c1-10-18-13(16)8-14(19-10)17-6-7-20-9-11-2-4-12(15)5-3-11/h2-5,8H,6-7,9H2,1H3,(H,17,18,19). The third-order valence-corrected chi connectivity index (χ3v) is 2.99. The predicted molar refractivity (Wildman–Crippen MR) is 81.4 cm³/mol. The number of nitrogens with one attached hydrogen (secondary N) is 1. The lowest BCUT2D eigenvalue weighted by Crippen LogP contribution is -2.11. The summed E-state index contributed by atoms with van der Waals surface area (Å²) >= 11 is 11.7. The Hall–Kier alpha value is -1.36. The lowest BCUT2D eigenvalue weighted by Gasteiger charge is -2.07. The summed E-state index contributed by atoms with van der Waals surface area (Å²) in [6.45, 7) is 3.58. The lowest BCUT2D eigenvalue weighted by molar-refractivity contribution is 0.130. The van der Waals surface area contributed by atoms with Crippen LogP contribution in [0.1, 0.15) is 11.4 Å². The van der Waals surface area contributed by atoms with E-state index in [0.717, 1.165) is 10.6 Å². The van der Waals surface area contributed by atoms with Crippen molar-refractivity contribution < 1.29 is 4.74 Å². The summed E-state index contributed by atoms with van der Waals surface area (Å²) in [5.41, 5.74) is 1.09. The van der Waals surface area contributed by atoms with E-state index in [4.69, 9.17) is 27.9 Å². The van der Waals surface area contributed by atoms with E-state index in [9.17, 15) is 0 Å². The van der Waals surface area contributed by atoms with Crippen molar-refractivity contribution in [2.45, 2.75) is 13.5 Å². The zero-order valence-corrected chi connectivity index (χ0v) is 12.6. The van der Waals surface area contributed by atoms with Crippen LogP contribution in [0, 0.1) is 6.92 Å². The second kappa shape index (κ2) is 7.43. The van der Waals surface area contributed by atoms with Crippen LogP contribution in [0.5, 0.6) is 0 Å². The number of aryl methyl sites for hydroxylation is 1. The van der Waals surface area contributed by atoms with E-state index in [1.807, 2.05) is 24.3 Å². The van der Waals surface area contributed by atoms with Gasteiger partial charge in [0.2, 0.25) is 0 Å². The minimum absolute atomic E-state index is 0.432. The first-order chi connectivity index (χ1) is 9.63. The largest absolute Gasteiger partial charge is 0.375 e. The molecule has 1 heterocycles. The molecule has 1 aromatic carbocycles. The number of ether oxygens (including phenoxy) is 1. The summed E-state index contributed by atoms with van der Waals surface area (Å²) in [6, 6.07) is 9.29. The SMILES string of the molecule is Cc1nc(Cl)cc(NCCOCc2ccc(Cl)cc2)n1. The Morgan fingerprint density at radius 1 is 1.15 bits per heavy atom. The molecule has 0 radical (unpaired) electrons. The van der Waals surface area contributed by atoms with Crippen LogP contribution < -0.4 is 5.32 Å². The third-order valence-electron chi connectivity index (χ3n) is 2.54. The fourth-order valence-corrected chi connectivity index (χ4v) is 2.00. The second-order valence-corrected chi connectivity index (χ2v) is 5.05. The number of hydrogen-bond acceptors (Lipinski definition) is 4. The molecule has 106 valence electrons. The number of hydrogen-bond donors (Lipinski definition) is 1. The van der Waals surface area contributed by atoms with Gasteiger partial charge in [0.15, 0.2) is 0 Å². The van der Waals surface area contributed by atoms with Crippen LogP contribution in [0.25, 0.3) is 0 Å². The van der Waals surface area contributed by atoms with Gasteiger partial charge >= 0.3 is 0 Å². The van der Waals surface area contributed by atoms with E-state index in [1.165, 1.54) is 0 Å². The van der Waals surface area contributed by atoms with Crippen molar-refractivity contribution >= 4 is 29.0 Å². The van der Waals surface area contributed by atoms with Crippen LogP contribution in [0.3, 0.4) is 0 Å². The Morgan fingerprint density at radius 2 is 1.90 bits per heavy atom. The van der Waals surface area contributed by atoms with Gasteiger partial charge in [-0.3, -0.25) is 0 Å². The van der Waals surface area contributed by atoms with Gasteiger partial charge in [0, 0.05) is 17.6 Å². The number of aromatic nitrogens is 2. The molecule has 2 aromatic rings. The summed E-state index contributed by atoms with van der Waals surface area (Å²) < 4.78 is 5.56. The maximum Gasteiger partial charge on any atom is 0.134 e. The molecule has 0 fully saturated rings. The van der Waals surface area contributed by atoms with E-state index in [-0.39, 0.29) is 0 Å². The topological polar surface area (TPSA) is 47.0 Å². The van der Waals surface area contributed by atoms with Crippen molar-refractivity contribution in [1.29, 1.82) is 0 Å². The Bertz CT molecular complexity index is 541. The molecular formula is C14H15Cl2N3O. The van der Waals surface area contributed by atoms with E-state index in [0.29, 0.717) is 36.6 Å². The van der Waals surface area contributed by atoms with Crippen molar-refractivity contribution in [1.82, 2.24) is 9.97 Å². The average molecular weight is 312 g/mol. The van der Waals surface area contributed by atoms with Crippen molar-refractivity contribution in [2.24, 2.45) is 0 Å². The molecule has 0 bridgehead atoms. The lowest BCUT2D eigenvalue weighted by atomic mass is 10.2. The van der Waals surface area contributed by atoms with Gasteiger partial charge in [-0.25, -0.2) is 9.97 Å². The van der Waals surface area contributed by atoms with E-state index >= 15 is 0 Å². The van der Waals surface area contributed by atoms with Gasteiger partial charge in [-0.05, 0) is 24.6 Å². The van der Waals surface area contributed by atoms with E-state index in [1.54, 1.807) is 13.0 Å². The highest BCUT2D eigenvalue weighted by Crippen LogP contribution is 2.11. The smallest absolute Gasteiger partial charge is 0.134 e. The fraction of sp³-hybridized carbons (Fsp3) is 0.286. The Morgan fingerprint density at radius 3 is 2.60 bits per heavy atom. The molecule has 0 spiro atoms. The Balaban J connectivity index is 1.70. The van der Waals surface area contributed by atoms with Gasteiger partial charge in [0.25, 0.3) is 0 Å². The predicted octanol–water partition coefficient (Wildman–Crippen LogP) is 3.72. The first-order valence-corrected chi connectivity index (χ1v) is 6.96. The van der Waals surface area contributed by atoms with Crippen molar-refractivity contribution in [3.8, 4) is 0 Å². The molecule has 0 atom stereocenters. The molecule has 20 heavy (non-hydrogen) atoms. The quantitative estimate of drug-likeness (QED) is 0.652. The van der Waals surface area contributed by atoms with Crippen LogP contribution in [0.15, 0.2) is 30.3 Å². The van der Waals surface area contributed by atoms with Crippen molar-refractivity contribution in [3.63, 3.8) is 0 Å². The van der Waals surface area contributed by atoms with Crippen LogP contribution in [0.2, 0.25) is 10.2 Å². The van der Waals surface area contributed by atoms with Gasteiger partial charge in [-0.1, -0.05) is 35.3 Å². The molecule has 0 saturated heterocycles. The summed E-state index contributed by atoms with van der Waals surface area (Å²) in [5, 5.41) is 4.30. The van der Waals surface area contributed by atoms with Gasteiger partial charge < -0.3 is 10.1 Å². The molecule has 0 unspecified atom stereocenters. The fourth-order valence-electron chi connectivity index (χ4n) is 1.64. The van der Waals surface area contributed by atoms with Crippen LogP contribution in [-0.4, -0.2) is 23.1 Å². The number of rotatable bonds is 6. The molecule has 0 aliphatic rings. The Kier molecular flexibility index (Phi) is 5.59. The monoisotopic (exact) mass is 311 g/mol. The molecule has 0 amide bonds.